The molecule has 1 aliphatic rings. The maximum Gasteiger partial charge on any atom is 0.425 e. The second kappa shape index (κ2) is 10.2. The summed E-state index contributed by atoms with van der Waals surface area (Å²) in [4.78, 5) is 21.8. The van der Waals surface area contributed by atoms with Crippen LogP contribution in [0.25, 0.3) is 11.1 Å². The van der Waals surface area contributed by atoms with Crippen LogP contribution in [-0.2, 0) is 4.84 Å². The molecule has 0 saturated heterocycles. The summed E-state index contributed by atoms with van der Waals surface area (Å²) in [6.45, 7) is 0.897. The standard InChI is InChI=1S/C22H23ClF3N3O3/c1-13(22(24,25)26)32-21-17(14-7-9-16(23)10-8-14)11-15(12-27-21)20(30)28-18-5-3-4-6-19(18)29-31-2/h7-13,18H,3-6H2,1-2H3,(H,28,30)/b29-19+/t13-,18-/m0/s1. The molecule has 1 fully saturated rings. The van der Waals surface area contributed by atoms with Gasteiger partial charge in [-0.15, -0.1) is 0 Å². The number of aromatic nitrogens is 1. The van der Waals surface area contributed by atoms with Crippen molar-refractivity contribution < 1.29 is 27.5 Å². The molecule has 1 aromatic heterocycles. The number of ether oxygens (including phenoxy) is 1. The first-order valence-corrected chi connectivity index (χ1v) is 10.5. The van der Waals surface area contributed by atoms with Crippen LogP contribution in [0.4, 0.5) is 13.2 Å². The number of carbonyl (C=O) groups excluding carboxylic acids is 1. The molecule has 32 heavy (non-hydrogen) atoms. The monoisotopic (exact) mass is 469 g/mol. The van der Waals surface area contributed by atoms with Gasteiger partial charge in [0.05, 0.1) is 17.3 Å². The van der Waals surface area contributed by atoms with Crippen LogP contribution in [0.15, 0.2) is 41.7 Å². The predicted octanol–water partition coefficient (Wildman–Crippen LogP) is 5.41. The lowest BCUT2D eigenvalue weighted by Gasteiger charge is -2.24. The third-order valence-electron chi connectivity index (χ3n) is 5.11. The van der Waals surface area contributed by atoms with E-state index in [4.69, 9.17) is 21.2 Å². The van der Waals surface area contributed by atoms with E-state index >= 15 is 0 Å². The fraction of sp³-hybridized carbons (Fsp3) is 0.409. The topological polar surface area (TPSA) is 72.8 Å². The Morgan fingerprint density at radius 1 is 1.28 bits per heavy atom. The Kier molecular flexibility index (Phi) is 7.60. The van der Waals surface area contributed by atoms with Gasteiger partial charge in [0, 0.05) is 16.8 Å². The van der Waals surface area contributed by atoms with Crippen molar-refractivity contribution in [2.24, 2.45) is 5.16 Å². The summed E-state index contributed by atoms with van der Waals surface area (Å²) in [6.07, 6.45) is -2.11. The van der Waals surface area contributed by atoms with E-state index in [1.54, 1.807) is 24.3 Å². The zero-order valence-corrected chi connectivity index (χ0v) is 18.3. The second-order valence-electron chi connectivity index (χ2n) is 7.42. The van der Waals surface area contributed by atoms with Gasteiger partial charge in [-0.1, -0.05) is 35.3 Å². The van der Waals surface area contributed by atoms with E-state index in [9.17, 15) is 18.0 Å². The molecule has 0 aliphatic heterocycles. The molecular weight excluding hydrogens is 447 g/mol. The number of nitrogens with zero attached hydrogens (tertiary/aromatic N) is 2. The van der Waals surface area contributed by atoms with Crippen molar-refractivity contribution in [3.8, 4) is 17.0 Å². The van der Waals surface area contributed by atoms with Gasteiger partial charge < -0.3 is 14.9 Å². The normalized spacial score (nSPS) is 18.8. The van der Waals surface area contributed by atoms with Crippen molar-refractivity contribution in [3.63, 3.8) is 0 Å². The van der Waals surface area contributed by atoms with E-state index in [2.05, 4.69) is 15.5 Å². The number of halogens is 4. The lowest BCUT2D eigenvalue weighted by molar-refractivity contribution is -0.189. The van der Waals surface area contributed by atoms with Crippen molar-refractivity contribution in [2.75, 3.05) is 7.11 Å². The van der Waals surface area contributed by atoms with Crippen LogP contribution in [0.2, 0.25) is 5.02 Å². The van der Waals surface area contributed by atoms with E-state index in [-0.39, 0.29) is 23.0 Å². The number of rotatable bonds is 6. The molecule has 0 radical (unpaired) electrons. The molecule has 0 unspecified atom stereocenters. The number of pyridine rings is 1. The summed E-state index contributed by atoms with van der Waals surface area (Å²) in [5.74, 6) is -0.646. The van der Waals surface area contributed by atoms with Crippen molar-refractivity contribution in [1.29, 1.82) is 0 Å². The Hall–Kier alpha value is -2.81. The number of hydrogen-bond donors (Lipinski definition) is 1. The first-order chi connectivity index (χ1) is 15.2. The van der Waals surface area contributed by atoms with Gasteiger partial charge in [-0.3, -0.25) is 4.79 Å². The number of carbonyl (C=O) groups is 1. The molecular formula is C22H23ClF3N3O3. The zero-order chi connectivity index (χ0) is 23.3. The molecule has 0 bridgehead atoms. The van der Waals surface area contributed by atoms with Crippen LogP contribution in [0.5, 0.6) is 5.88 Å². The molecule has 2 aromatic rings. The number of oxime groups is 1. The quantitative estimate of drug-likeness (QED) is 0.574. The first kappa shape index (κ1) is 23.8. The van der Waals surface area contributed by atoms with E-state index in [1.165, 1.54) is 19.4 Å². The summed E-state index contributed by atoms with van der Waals surface area (Å²) in [5, 5.41) is 7.37. The van der Waals surface area contributed by atoms with Gasteiger partial charge in [0.15, 0.2) is 6.10 Å². The minimum Gasteiger partial charge on any atom is -0.465 e. The zero-order valence-electron chi connectivity index (χ0n) is 17.6. The first-order valence-electron chi connectivity index (χ1n) is 10.1. The molecule has 1 aliphatic carbocycles. The van der Waals surface area contributed by atoms with Gasteiger partial charge in [0.2, 0.25) is 5.88 Å². The second-order valence-corrected chi connectivity index (χ2v) is 7.86. The Morgan fingerprint density at radius 2 is 2.00 bits per heavy atom. The van der Waals surface area contributed by atoms with E-state index in [0.717, 1.165) is 38.3 Å². The molecule has 3 rings (SSSR count). The smallest absolute Gasteiger partial charge is 0.425 e. The van der Waals surface area contributed by atoms with Gasteiger partial charge in [-0.2, -0.15) is 13.2 Å². The van der Waals surface area contributed by atoms with Crippen molar-refractivity contribution in [3.05, 3.63) is 47.1 Å². The molecule has 0 spiro atoms. The summed E-state index contributed by atoms with van der Waals surface area (Å²) >= 11 is 5.93. The Morgan fingerprint density at radius 3 is 2.66 bits per heavy atom. The highest BCUT2D eigenvalue weighted by atomic mass is 35.5. The predicted molar refractivity (Wildman–Crippen MR) is 115 cm³/mol. The van der Waals surface area contributed by atoms with Crippen molar-refractivity contribution >= 4 is 23.2 Å². The largest absolute Gasteiger partial charge is 0.465 e. The van der Waals surface area contributed by atoms with Crippen LogP contribution in [0.3, 0.4) is 0 Å². The molecule has 1 N–H and O–H groups in total. The van der Waals surface area contributed by atoms with Gasteiger partial charge in [-0.05, 0) is 49.9 Å². The van der Waals surface area contributed by atoms with Crippen LogP contribution in [0.1, 0.15) is 43.0 Å². The Labute approximate surface area is 188 Å². The Bertz CT molecular complexity index is 981. The molecule has 1 amide bonds. The van der Waals surface area contributed by atoms with Gasteiger partial charge >= 0.3 is 6.18 Å². The lowest BCUT2D eigenvalue weighted by atomic mass is 9.93. The minimum atomic E-state index is -4.56. The van der Waals surface area contributed by atoms with E-state index in [1.807, 2.05) is 0 Å². The van der Waals surface area contributed by atoms with Gasteiger partial charge in [0.1, 0.15) is 7.11 Å². The number of amides is 1. The molecule has 172 valence electrons. The Balaban J connectivity index is 1.91. The van der Waals surface area contributed by atoms with Crippen LogP contribution in [0, 0.1) is 0 Å². The van der Waals surface area contributed by atoms with Crippen LogP contribution < -0.4 is 10.1 Å². The summed E-state index contributed by atoms with van der Waals surface area (Å²) in [7, 11) is 1.45. The number of hydrogen-bond acceptors (Lipinski definition) is 5. The van der Waals surface area contributed by atoms with Gasteiger partial charge in [-0.25, -0.2) is 4.98 Å². The number of nitrogens with one attached hydrogen (secondary N) is 1. The molecule has 2 atom stereocenters. The molecule has 1 saturated carbocycles. The van der Waals surface area contributed by atoms with Crippen molar-refractivity contribution in [1.82, 2.24) is 10.3 Å². The highest BCUT2D eigenvalue weighted by molar-refractivity contribution is 6.30. The number of benzene rings is 1. The average molecular weight is 470 g/mol. The van der Waals surface area contributed by atoms with Crippen molar-refractivity contribution in [2.45, 2.75) is 50.9 Å². The maximum atomic E-state index is 13.0. The summed E-state index contributed by atoms with van der Waals surface area (Å²) < 4.78 is 44.2. The third-order valence-corrected chi connectivity index (χ3v) is 5.36. The van der Waals surface area contributed by atoms with Crippen LogP contribution >= 0.6 is 11.6 Å². The van der Waals surface area contributed by atoms with E-state index in [0.29, 0.717) is 10.6 Å². The summed E-state index contributed by atoms with van der Waals surface area (Å²) in [5.41, 5.74) is 1.70. The average Bonchev–Trinajstić information content (AvgIpc) is 2.75. The molecule has 6 nitrogen and oxygen atoms in total. The number of alkyl halides is 3. The fourth-order valence-electron chi connectivity index (χ4n) is 3.36. The molecule has 10 heteroatoms. The van der Waals surface area contributed by atoms with Crippen LogP contribution in [-0.4, -0.2) is 42.0 Å². The minimum absolute atomic E-state index is 0.185. The van der Waals surface area contributed by atoms with E-state index < -0.39 is 18.2 Å². The molecule has 1 aromatic carbocycles. The highest BCUT2D eigenvalue weighted by Crippen LogP contribution is 2.33. The molecule has 1 heterocycles. The lowest BCUT2D eigenvalue weighted by Crippen LogP contribution is -2.42. The summed E-state index contributed by atoms with van der Waals surface area (Å²) in [6, 6.07) is 7.61. The third kappa shape index (κ3) is 5.91. The maximum absolute atomic E-state index is 13.0. The highest BCUT2D eigenvalue weighted by Gasteiger charge is 2.38. The fourth-order valence-corrected chi connectivity index (χ4v) is 3.49. The van der Waals surface area contributed by atoms with Gasteiger partial charge in [0.25, 0.3) is 5.91 Å². The SMILES string of the molecule is CO/N=C1\CCCC[C@@H]1NC(=O)c1cnc(O[C@@H](C)C(F)(F)F)c(-c2ccc(Cl)cc2)c1.